The van der Waals surface area contributed by atoms with Gasteiger partial charge in [0.15, 0.2) is 6.10 Å². The van der Waals surface area contributed by atoms with E-state index in [-0.39, 0.29) is 5.91 Å². The first-order chi connectivity index (χ1) is 9.45. The van der Waals surface area contributed by atoms with E-state index in [1.165, 1.54) is 0 Å². The van der Waals surface area contributed by atoms with Crippen LogP contribution in [0.5, 0.6) is 5.75 Å². The van der Waals surface area contributed by atoms with Crippen LogP contribution in [0.3, 0.4) is 0 Å². The van der Waals surface area contributed by atoms with Crippen molar-refractivity contribution in [1.29, 1.82) is 0 Å². The lowest BCUT2D eigenvalue weighted by Crippen LogP contribution is -2.38. The number of aryl methyl sites for hydroxylation is 1. The van der Waals surface area contributed by atoms with Crippen LogP contribution in [-0.4, -0.2) is 32.3 Å². The van der Waals surface area contributed by atoms with Gasteiger partial charge < -0.3 is 14.8 Å². The second-order valence-corrected chi connectivity index (χ2v) is 5.24. The summed E-state index contributed by atoms with van der Waals surface area (Å²) in [4.78, 5) is 11.9. The number of carbonyl (C=O) groups is 1. The van der Waals surface area contributed by atoms with Crippen molar-refractivity contribution in [3.8, 4) is 5.75 Å². The quantitative estimate of drug-likeness (QED) is 0.781. The third-order valence-electron chi connectivity index (χ3n) is 3.07. The maximum Gasteiger partial charge on any atom is 0.260 e. The van der Waals surface area contributed by atoms with E-state index in [0.29, 0.717) is 19.1 Å². The Morgan fingerprint density at radius 2 is 2.00 bits per heavy atom. The van der Waals surface area contributed by atoms with E-state index in [4.69, 9.17) is 9.47 Å². The normalized spacial score (nSPS) is 12.3. The highest BCUT2D eigenvalue weighted by molar-refractivity contribution is 5.80. The predicted octanol–water partition coefficient (Wildman–Crippen LogP) is 2.65. The molecule has 0 spiro atoms. The standard InChI is InChI=1S/C16H25NO3/c1-11(2)14-7-6-12(3)10-15(14)20-13(4)16(18)17-8-9-19-5/h6-7,10-11,13H,8-9H2,1-5H3,(H,17,18)/t13-/m1/s1. The summed E-state index contributed by atoms with van der Waals surface area (Å²) in [6.07, 6.45) is -0.522. The minimum absolute atomic E-state index is 0.127. The van der Waals surface area contributed by atoms with Crippen molar-refractivity contribution < 1.29 is 14.3 Å². The number of amides is 1. The molecular formula is C16H25NO3. The van der Waals surface area contributed by atoms with Crippen LogP contribution in [0, 0.1) is 6.92 Å². The van der Waals surface area contributed by atoms with Gasteiger partial charge >= 0.3 is 0 Å². The molecule has 1 aromatic rings. The SMILES string of the molecule is COCCNC(=O)[C@@H](C)Oc1cc(C)ccc1C(C)C. The van der Waals surface area contributed by atoms with Gasteiger partial charge in [0.2, 0.25) is 0 Å². The van der Waals surface area contributed by atoms with Crippen LogP contribution in [0.2, 0.25) is 0 Å². The van der Waals surface area contributed by atoms with Crippen LogP contribution >= 0.6 is 0 Å². The number of nitrogens with one attached hydrogen (secondary N) is 1. The zero-order valence-electron chi connectivity index (χ0n) is 13.0. The average molecular weight is 279 g/mol. The van der Waals surface area contributed by atoms with E-state index in [9.17, 15) is 4.79 Å². The lowest BCUT2D eigenvalue weighted by Gasteiger charge is -2.19. The van der Waals surface area contributed by atoms with Crippen molar-refractivity contribution in [3.05, 3.63) is 29.3 Å². The largest absolute Gasteiger partial charge is 0.481 e. The Balaban J connectivity index is 2.71. The van der Waals surface area contributed by atoms with E-state index in [0.717, 1.165) is 16.9 Å². The van der Waals surface area contributed by atoms with Gasteiger partial charge in [-0.05, 0) is 37.0 Å². The second kappa shape index (κ2) is 7.90. The van der Waals surface area contributed by atoms with Crippen molar-refractivity contribution in [1.82, 2.24) is 5.32 Å². The van der Waals surface area contributed by atoms with Gasteiger partial charge in [0, 0.05) is 13.7 Å². The summed E-state index contributed by atoms with van der Waals surface area (Å²) in [6.45, 7) is 8.99. The first kappa shape index (κ1) is 16.5. The Morgan fingerprint density at radius 1 is 1.30 bits per heavy atom. The zero-order valence-corrected chi connectivity index (χ0v) is 13.0. The van der Waals surface area contributed by atoms with Crippen molar-refractivity contribution in [2.75, 3.05) is 20.3 Å². The Bertz CT molecular complexity index is 443. The van der Waals surface area contributed by atoms with E-state index in [2.05, 4.69) is 31.3 Å². The molecule has 0 unspecified atom stereocenters. The number of methoxy groups -OCH3 is 1. The van der Waals surface area contributed by atoms with Crippen molar-refractivity contribution in [3.63, 3.8) is 0 Å². The highest BCUT2D eigenvalue weighted by atomic mass is 16.5. The molecule has 1 amide bonds. The maximum atomic E-state index is 11.9. The number of rotatable bonds is 7. The monoisotopic (exact) mass is 279 g/mol. The van der Waals surface area contributed by atoms with Crippen LogP contribution in [0.1, 0.15) is 37.8 Å². The molecule has 0 aliphatic heterocycles. The summed E-state index contributed by atoms with van der Waals surface area (Å²) >= 11 is 0. The summed E-state index contributed by atoms with van der Waals surface area (Å²) in [5, 5.41) is 2.78. The molecule has 0 fully saturated rings. The molecule has 0 aliphatic rings. The van der Waals surface area contributed by atoms with Crippen LogP contribution < -0.4 is 10.1 Å². The molecule has 0 aliphatic carbocycles. The fourth-order valence-corrected chi connectivity index (χ4v) is 1.88. The topological polar surface area (TPSA) is 47.6 Å². The van der Waals surface area contributed by atoms with Crippen LogP contribution in [0.15, 0.2) is 18.2 Å². The molecule has 0 saturated carbocycles. The van der Waals surface area contributed by atoms with Crippen LogP contribution in [0.4, 0.5) is 0 Å². The van der Waals surface area contributed by atoms with Gasteiger partial charge in [0.25, 0.3) is 5.91 Å². The maximum absolute atomic E-state index is 11.9. The fourth-order valence-electron chi connectivity index (χ4n) is 1.88. The molecular weight excluding hydrogens is 254 g/mol. The second-order valence-electron chi connectivity index (χ2n) is 5.24. The molecule has 0 saturated heterocycles. The molecule has 1 aromatic carbocycles. The first-order valence-electron chi connectivity index (χ1n) is 6.99. The average Bonchev–Trinajstić information content (AvgIpc) is 2.38. The molecule has 4 nitrogen and oxygen atoms in total. The van der Waals surface area contributed by atoms with Crippen molar-refractivity contribution in [2.24, 2.45) is 0 Å². The van der Waals surface area contributed by atoms with Crippen LogP contribution in [0.25, 0.3) is 0 Å². The Morgan fingerprint density at radius 3 is 2.60 bits per heavy atom. The Labute approximate surface area is 121 Å². The molecule has 0 radical (unpaired) electrons. The van der Waals surface area contributed by atoms with Crippen molar-refractivity contribution >= 4 is 5.91 Å². The highest BCUT2D eigenvalue weighted by Gasteiger charge is 2.17. The van der Waals surface area contributed by atoms with Crippen LogP contribution in [-0.2, 0) is 9.53 Å². The Kier molecular flexibility index (Phi) is 6.52. The number of hydrogen-bond acceptors (Lipinski definition) is 3. The lowest BCUT2D eigenvalue weighted by atomic mass is 10.0. The third-order valence-corrected chi connectivity index (χ3v) is 3.07. The number of hydrogen-bond donors (Lipinski definition) is 1. The lowest BCUT2D eigenvalue weighted by molar-refractivity contribution is -0.127. The van der Waals surface area contributed by atoms with Gasteiger partial charge in [-0.1, -0.05) is 26.0 Å². The summed E-state index contributed by atoms with van der Waals surface area (Å²) in [6, 6.07) is 6.10. The summed E-state index contributed by atoms with van der Waals surface area (Å²) < 4.78 is 10.7. The Hall–Kier alpha value is -1.55. The predicted molar refractivity (Wildman–Crippen MR) is 80.2 cm³/mol. The zero-order chi connectivity index (χ0) is 15.1. The molecule has 4 heteroatoms. The van der Waals surface area contributed by atoms with E-state index in [1.807, 2.05) is 13.0 Å². The molecule has 1 rings (SSSR count). The molecule has 1 N–H and O–H groups in total. The summed E-state index contributed by atoms with van der Waals surface area (Å²) in [7, 11) is 1.60. The van der Waals surface area contributed by atoms with Gasteiger partial charge in [-0.15, -0.1) is 0 Å². The van der Waals surface area contributed by atoms with Gasteiger partial charge in [0.1, 0.15) is 5.75 Å². The molecule has 0 bridgehead atoms. The summed E-state index contributed by atoms with van der Waals surface area (Å²) in [5.74, 6) is 1.02. The molecule has 0 heterocycles. The van der Waals surface area contributed by atoms with Gasteiger partial charge in [-0.2, -0.15) is 0 Å². The highest BCUT2D eigenvalue weighted by Crippen LogP contribution is 2.28. The smallest absolute Gasteiger partial charge is 0.260 e. The molecule has 112 valence electrons. The van der Waals surface area contributed by atoms with E-state index < -0.39 is 6.10 Å². The fraction of sp³-hybridized carbons (Fsp3) is 0.562. The minimum atomic E-state index is -0.522. The van der Waals surface area contributed by atoms with E-state index >= 15 is 0 Å². The number of carbonyl (C=O) groups excluding carboxylic acids is 1. The van der Waals surface area contributed by atoms with Gasteiger partial charge in [0.05, 0.1) is 6.61 Å². The first-order valence-corrected chi connectivity index (χ1v) is 6.99. The molecule has 20 heavy (non-hydrogen) atoms. The summed E-state index contributed by atoms with van der Waals surface area (Å²) in [5.41, 5.74) is 2.24. The molecule has 0 aromatic heterocycles. The molecule has 1 atom stereocenters. The number of benzene rings is 1. The minimum Gasteiger partial charge on any atom is -0.481 e. The van der Waals surface area contributed by atoms with E-state index in [1.54, 1.807) is 14.0 Å². The van der Waals surface area contributed by atoms with Crippen molar-refractivity contribution in [2.45, 2.75) is 39.7 Å². The van der Waals surface area contributed by atoms with Gasteiger partial charge in [-0.25, -0.2) is 0 Å². The number of ether oxygens (including phenoxy) is 2. The van der Waals surface area contributed by atoms with Gasteiger partial charge in [-0.3, -0.25) is 4.79 Å². The third kappa shape index (κ3) is 4.85.